The Morgan fingerprint density at radius 1 is 1.67 bits per heavy atom. The highest BCUT2D eigenvalue weighted by Gasteiger charge is 2.31. The maximum absolute atomic E-state index is 5.62. The molecule has 9 heavy (non-hydrogen) atoms. The summed E-state index contributed by atoms with van der Waals surface area (Å²) in [6.45, 7) is 4.25. The van der Waals surface area contributed by atoms with E-state index in [0.29, 0.717) is 5.54 Å². The first-order chi connectivity index (χ1) is 4.19. The molecule has 1 fully saturated rings. The molecule has 0 aromatic heterocycles. The number of rotatable bonds is 1. The Balaban J connectivity index is 2.56. The maximum Gasteiger partial charge on any atom is 0.0301 e. The number of nitrogens with zero attached hydrogens (tertiary/aromatic N) is 1. The zero-order valence-corrected chi connectivity index (χ0v) is 6.35. The van der Waals surface area contributed by atoms with Gasteiger partial charge in [-0.1, -0.05) is 0 Å². The number of hydrogen-bond acceptors (Lipinski definition) is 2. The molecule has 0 saturated carbocycles. The fourth-order valence-corrected chi connectivity index (χ4v) is 1.42. The van der Waals surface area contributed by atoms with Gasteiger partial charge in [0.1, 0.15) is 0 Å². The molecule has 0 radical (unpaired) electrons. The van der Waals surface area contributed by atoms with Gasteiger partial charge in [-0.25, -0.2) is 0 Å². The molecule has 0 aromatic rings. The number of nitrogens with two attached hydrogens (primary N) is 1. The van der Waals surface area contributed by atoms with E-state index in [2.05, 4.69) is 18.9 Å². The minimum Gasteiger partial charge on any atom is -0.329 e. The molecule has 54 valence electrons. The molecule has 0 aliphatic carbocycles. The van der Waals surface area contributed by atoms with Gasteiger partial charge in [-0.15, -0.1) is 0 Å². The van der Waals surface area contributed by atoms with Crippen LogP contribution < -0.4 is 5.73 Å². The van der Waals surface area contributed by atoms with Crippen LogP contribution >= 0.6 is 0 Å². The minimum absolute atomic E-state index is 0.306. The monoisotopic (exact) mass is 128 g/mol. The van der Waals surface area contributed by atoms with Gasteiger partial charge in [0.15, 0.2) is 0 Å². The molecule has 0 amide bonds. The lowest BCUT2D eigenvalue weighted by atomic mass is 10.0. The van der Waals surface area contributed by atoms with E-state index >= 15 is 0 Å². The molecule has 1 heterocycles. The van der Waals surface area contributed by atoms with Crippen molar-refractivity contribution in [2.45, 2.75) is 25.3 Å². The van der Waals surface area contributed by atoms with Gasteiger partial charge in [-0.2, -0.15) is 0 Å². The van der Waals surface area contributed by atoms with Gasteiger partial charge in [-0.3, -0.25) is 4.90 Å². The fourth-order valence-electron chi connectivity index (χ4n) is 1.42. The van der Waals surface area contributed by atoms with E-state index < -0.39 is 0 Å². The van der Waals surface area contributed by atoms with Gasteiger partial charge in [0.25, 0.3) is 0 Å². The van der Waals surface area contributed by atoms with Crippen molar-refractivity contribution < 1.29 is 0 Å². The Morgan fingerprint density at radius 3 is 2.56 bits per heavy atom. The van der Waals surface area contributed by atoms with Gasteiger partial charge >= 0.3 is 0 Å². The molecular formula is C7H16N2. The first-order valence-electron chi connectivity index (χ1n) is 3.60. The molecule has 2 nitrogen and oxygen atoms in total. The summed E-state index contributed by atoms with van der Waals surface area (Å²) in [6.07, 6.45) is 2.57. The van der Waals surface area contributed by atoms with Crippen molar-refractivity contribution in [3.63, 3.8) is 0 Å². The van der Waals surface area contributed by atoms with E-state index in [9.17, 15) is 0 Å². The second kappa shape index (κ2) is 2.27. The lowest BCUT2D eigenvalue weighted by molar-refractivity contribution is 0.204. The Bertz CT molecular complexity index is 103. The van der Waals surface area contributed by atoms with Gasteiger partial charge in [-0.05, 0) is 33.4 Å². The first-order valence-corrected chi connectivity index (χ1v) is 3.60. The van der Waals surface area contributed by atoms with Crippen LogP contribution in [0.3, 0.4) is 0 Å². The quantitative estimate of drug-likeness (QED) is 0.555. The van der Waals surface area contributed by atoms with Crippen LogP contribution in [0.1, 0.15) is 19.8 Å². The maximum atomic E-state index is 5.62. The molecule has 1 aliphatic heterocycles. The molecular weight excluding hydrogens is 112 g/mol. The second-order valence-electron chi connectivity index (χ2n) is 3.23. The van der Waals surface area contributed by atoms with Crippen LogP contribution in [-0.4, -0.2) is 30.6 Å². The van der Waals surface area contributed by atoms with Crippen LogP contribution in [0.25, 0.3) is 0 Å². The molecule has 2 N–H and O–H groups in total. The van der Waals surface area contributed by atoms with Gasteiger partial charge < -0.3 is 5.73 Å². The van der Waals surface area contributed by atoms with Crippen molar-refractivity contribution in [3.05, 3.63) is 0 Å². The van der Waals surface area contributed by atoms with Crippen molar-refractivity contribution in [2.24, 2.45) is 5.73 Å². The van der Waals surface area contributed by atoms with Crippen molar-refractivity contribution in [1.82, 2.24) is 4.90 Å². The molecule has 0 bridgehead atoms. The van der Waals surface area contributed by atoms with Crippen LogP contribution in [-0.2, 0) is 0 Å². The van der Waals surface area contributed by atoms with Crippen LogP contribution in [0.15, 0.2) is 0 Å². The molecule has 0 spiro atoms. The summed E-state index contributed by atoms with van der Waals surface area (Å²) in [5.74, 6) is 0. The Labute approximate surface area is 57.0 Å². The average Bonchev–Trinajstić information content (AvgIpc) is 2.15. The zero-order valence-electron chi connectivity index (χ0n) is 6.35. The first kappa shape index (κ1) is 7.03. The number of likely N-dealkylation sites (tertiary alicyclic amines) is 1. The highest BCUT2D eigenvalue weighted by Crippen LogP contribution is 2.25. The fraction of sp³-hybridized carbons (Fsp3) is 1.00. The second-order valence-corrected chi connectivity index (χ2v) is 3.23. The summed E-state index contributed by atoms with van der Waals surface area (Å²) in [7, 11) is 2.15. The SMILES string of the molecule is CN1CCCC1(C)CN. The summed E-state index contributed by atoms with van der Waals surface area (Å²) in [6, 6.07) is 0. The zero-order chi connectivity index (χ0) is 6.91. The highest BCUT2D eigenvalue weighted by molar-refractivity contribution is 4.90. The highest BCUT2D eigenvalue weighted by atomic mass is 15.2. The average molecular weight is 128 g/mol. The molecule has 1 saturated heterocycles. The van der Waals surface area contributed by atoms with Crippen molar-refractivity contribution >= 4 is 0 Å². The van der Waals surface area contributed by atoms with Crippen molar-refractivity contribution in [1.29, 1.82) is 0 Å². The van der Waals surface area contributed by atoms with E-state index in [-0.39, 0.29) is 0 Å². The lowest BCUT2D eigenvalue weighted by Crippen LogP contribution is -2.44. The van der Waals surface area contributed by atoms with E-state index in [1.807, 2.05) is 0 Å². The van der Waals surface area contributed by atoms with Crippen LogP contribution in [0, 0.1) is 0 Å². The minimum atomic E-state index is 0.306. The van der Waals surface area contributed by atoms with E-state index in [4.69, 9.17) is 5.73 Å². The summed E-state index contributed by atoms with van der Waals surface area (Å²) >= 11 is 0. The topological polar surface area (TPSA) is 29.3 Å². The molecule has 1 unspecified atom stereocenters. The molecule has 1 aliphatic rings. The summed E-state index contributed by atoms with van der Waals surface area (Å²) < 4.78 is 0. The molecule has 2 heteroatoms. The van der Waals surface area contributed by atoms with Gasteiger partial charge in [0.2, 0.25) is 0 Å². The van der Waals surface area contributed by atoms with Crippen molar-refractivity contribution in [3.8, 4) is 0 Å². The summed E-state index contributed by atoms with van der Waals surface area (Å²) in [5.41, 5.74) is 5.92. The molecule has 0 aromatic carbocycles. The Kier molecular flexibility index (Phi) is 1.78. The normalized spacial score (nSPS) is 37.7. The summed E-state index contributed by atoms with van der Waals surface area (Å²) in [5, 5.41) is 0. The van der Waals surface area contributed by atoms with Gasteiger partial charge in [0, 0.05) is 12.1 Å². The molecule has 1 rings (SSSR count). The van der Waals surface area contributed by atoms with Crippen molar-refractivity contribution in [2.75, 3.05) is 20.1 Å². The van der Waals surface area contributed by atoms with Crippen LogP contribution in [0.4, 0.5) is 0 Å². The number of hydrogen-bond donors (Lipinski definition) is 1. The van der Waals surface area contributed by atoms with Crippen LogP contribution in [0.5, 0.6) is 0 Å². The third-order valence-corrected chi connectivity index (χ3v) is 2.57. The number of likely N-dealkylation sites (N-methyl/N-ethyl adjacent to an activating group) is 1. The third-order valence-electron chi connectivity index (χ3n) is 2.57. The van der Waals surface area contributed by atoms with Crippen LogP contribution in [0.2, 0.25) is 0 Å². The van der Waals surface area contributed by atoms with Gasteiger partial charge in [0.05, 0.1) is 0 Å². The summed E-state index contributed by atoms with van der Waals surface area (Å²) in [4.78, 5) is 2.35. The largest absolute Gasteiger partial charge is 0.329 e. The van der Waals surface area contributed by atoms with E-state index in [1.54, 1.807) is 0 Å². The van der Waals surface area contributed by atoms with E-state index in [1.165, 1.54) is 19.4 Å². The predicted octanol–water partition coefficient (Wildman–Crippen LogP) is 0.429. The smallest absolute Gasteiger partial charge is 0.0301 e. The Morgan fingerprint density at radius 2 is 2.33 bits per heavy atom. The molecule has 1 atom stereocenters. The third kappa shape index (κ3) is 1.10. The predicted molar refractivity (Wildman–Crippen MR) is 39.3 cm³/mol. The van der Waals surface area contributed by atoms with E-state index in [0.717, 1.165) is 6.54 Å². The lowest BCUT2D eigenvalue weighted by Gasteiger charge is -2.30. The Hall–Kier alpha value is -0.0800. The standard InChI is InChI=1S/C7H16N2/c1-7(6-8)4-3-5-9(7)2/h3-6,8H2,1-2H3.